The molecule has 1 amide bonds. The zero-order chi connectivity index (χ0) is 33.8. The van der Waals surface area contributed by atoms with Crippen LogP contribution in [0.2, 0.25) is 0 Å². The molecule has 5 rings (SSSR count). The summed E-state index contributed by atoms with van der Waals surface area (Å²) in [6.45, 7) is 0.512. The van der Waals surface area contributed by atoms with Gasteiger partial charge in [-0.3, -0.25) is 10.2 Å². The quantitative estimate of drug-likeness (QED) is 0.0547. The van der Waals surface area contributed by atoms with Gasteiger partial charge in [0.2, 0.25) is 5.90 Å². The van der Waals surface area contributed by atoms with Crippen LogP contribution in [0.15, 0.2) is 88.0 Å². The van der Waals surface area contributed by atoms with E-state index in [1.165, 1.54) is 0 Å². The number of hydrogen-bond donors (Lipinski definition) is 4. The number of azide groups is 2. The van der Waals surface area contributed by atoms with E-state index in [1.54, 1.807) is 24.3 Å². The fraction of sp³-hybridized carbons (Fsp3) is 0.412. The number of nitrogens with one attached hydrogen (secondary N) is 2. The van der Waals surface area contributed by atoms with Crippen LogP contribution in [0, 0.1) is 0 Å². The van der Waals surface area contributed by atoms with Crippen LogP contribution in [-0.2, 0) is 29.0 Å². The first-order valence-corrected chi connectivity index (χ1v) is 16.0. The molecule has 1 heterocycles. The monoisotopic (exact) mass is 653 g/mol. The van der Waals surface area contributed by atoms with Crippen molar-refractivity contribution in [1.82, 2.24) is 10.9 Å². The number of rotatable bonds is 15. The molecule has 3 aromatic carbocycles. The lowest BCUT2D eigenvalue weighted by atomic mass is 9.80. The Morgan fingerprint density at radius 3 is 2.27 bits per heavy atom. The molecule has 1 aliphatic heterocycles. The SMILES string of the molecule is [N-]=[N+]=NCc1ccccc1C[C@]1(C(=O)NNC2CCC(O)CC2)N=C(c2ccc(OCCCO)cc2)O[C@H]1c1ccccc1CN=[N+]=[N-]. The van der Waals surface area contributed by atoms with Crippen molar-refractivity contribution in [3.05, 3.63) is 121 Å². The summed E-state index contributed by atoms with van der Waals surface area (Å²) >= 11 is 0. The molecule has 14 nitrogen and oxygen atoms in total. The van der Waals surface area contributed by atoms with Gasteiger partial charge in [-0.05, 0) is 83.3 Å². The fourth-order valence-corrected chi connectivity index (χ4v) is 6.08. The predicted molar refractivity (Wildman–Crippen MR) is 179 cm³/mol. The Morgan fingerprint density at radius 1 is 0.938 bits per heavy atom. The minimum Gasteiger partial charge on any atom is -0.494 e. The third-order valence-corrected chi connectivity index (χ3v) is 8.64. The van der Waals surface area contributed by atoms with Crippen molar-refractivity contribution >= 4 is 11.8 Å². The van der Waals surface area contributed by atoms with Crippen LogP contribution in [0.4, 0.5) is 0 Å². The lowest BCUT2D eigenvalue weighted by Gasteiger charge is -2.33. The Kier molecular flexibility index (Phi) is 11.9. The number of carbonyl (C=O) groups is 1. The van der Waals surface area contributed by atoms with Crippen LogP contribution in [0.5, 0.6) is 5.75 Å². The zero-order valence-corrected chi connectivity index (χ0v) is 26.5. The smallest absolute Gasteiger partial charge is 0.266 e. The highest BCUT2D eigenvalue weighted by molar-refractivity contribution is 6.01. The summed E-state index contributed by atoms with van der Waals surface area (Å²) in [6.07, 6.45) is 1.95. The second-order valence-electron chi connectivity index (χ2n) is 11.8. The predicted octanol–water partition coefficient (Wildman–Crippen LogP) is 5.49. The maximum absolute atomic E-state index is 14.7. The molecular formula is C34H39N9O5. The summed E-state index contributed by atoms with van der Waals surface area (Å²) in [5.74, 6) is 0.415. The Labute approximate surface area is 278 Å². The minimum absolute atomic E-state index is 0.0268. The highest BCUT2D eigenvalue weighted by atomic mass is 16.5. The number of ether oxygens (including phenoxy) is 2. The molecule has 1 saturated carbocycles. The topological polar surface area (TPSA) is 210 Å². The number of aliphatic imine (C=N–C) groups is 1. The third kappa shape index (κ3) is 8.24. The van der Waals surface area contributed by atoms with Gasteiger partial charge in [-0.1, -0.05) is 58.8 Å². The van der Waals surface area contributed by atoms with Gasteiger partial charge in [0.15, 0.2) is 11.6 Å². The normalized spacial score (nSPS) is 21.6. The Balaban J connectivity index is 1.60. The molecule has 1 aliphatic carbocycles. The first-order valence-electron chi connectivity index (χ1n) is 16.0. The van der Waals surface area contributed by atoms with Crippen LogP contribution in [0.1, 0.15) is 66.0 Å². The average molecular weight is 654 g/mol. The van der Waals surface area contributed by atoms with Crippen LogP contribution in [0.3, 0.4) is 0 Å². The number of benzene rings is 3. The molecule has 0 bridgehead atoms. The maximum Gasteiger partial charge on any atom is 0.266 e. The fourth-order valence-electron chi connectivity index (χ4n) is 6.08. The molecule has 0 aromatic heterocycles. The van der Waals surface area contributed by atoms with E-state index in [0.717, 1.165) is 11.1 Å². The van der Waals surface area contributed by atoms with Gasteiger partial charge in [0.05, 0.1) is 25.8 Å². The summed E-state index contributed by atoms with van der Waals surface area (Å²) in [7, 11) is 0. The maximum atomic E-state index is 14.7. The number of nitrogens with zero attached hydrogens (tertiary/aromatic N) is 7. The summed E-state index contributed by atoms with van der Waals surface area (Å²) in [5.41, 5.74) is 26.2. The molecule has 14 heteroatoms. The van der Waals surface area contributed by atoms with Gasteiger partial charge in [0.25, 0.3) is 5.91 Å². The molecule has 1 fully saturated rings. The van der Waals surface area contributed by atoms with Gasteiger partial charge >= 0.3 is 0 Å². The van der Waals surface area contributed by atoms with Crippen LogP contribution >= 0.6 is 0 Å². The van der Waals surface area contributed by atoms with Crippen molar-refractivity contribution in [1.29, 1.82) is 0 Å². The number of aliphatic hydroxyl groups is 2. The first-order chi connectivity index (χ1) is 23.5. The molecule has 2 aliphatic rings. The van der Waals surface area contributed by atoms with Crippen molar-refractivity contribution in [3.8, 4) is 5.75 Å². The molecule has 0 spiro atoms. The number of hydrazine groups is 1. The summed E-state index contributed by atoms with van der Waals surface area (Å²) < 4.78 is 12.4. The van der Waals surface area contributed by atoms with Crippen LogP contribution < -0.4 is 15.6 Å². The van der Waals surface area contributed by atoms with Crippen molar-refractivity contribution in [2.75, 3.05) is 13.2 Å². The van der Waals surface area contributed by atoms with Crippen LogP contribution in [-0.4, -0.2) is 52.9 Å². The third-order valence-electron chi connectivity index (χ3n) is 8.64. The Morgan fingerprint density at radius 2 is 1.58 bits per heavy atom. The van der Waals surface area contributed by atoms with Crippen LogP contribution in [0.25, 0.3) is 20.9 Å². The van der Waals surface area contributed by atoms with E-state index >= 15 is 0 Å². The highest BCUT2D eigenvalue weighted by Crippen LogP contribution is 2.44. The Bertz CT molecular complexity index is 1680. The molecule has 0 saturated heterocycles. The van der Waals surface area contributed by atoms with E-state index in [2.05, 4.69) is 30.9 Å². The van der Waals surface area contributed by atoms with E-state index in [1.807, 2.05) is 48.5 Å². The molecule has 3 aromatic rings. The second kappa shape index (κ2) is 16.6. The van der Waals surface area contributed by atoms with Gasteiger partial charge in [-0.15, -0.1) is 0 Å². The summed E-state index contributed by atoms with van der Waals surface area (Å²) in [4.78, 5) is 25.6. The standard InChI is InChI=1S/C34H39N9O5/c35-42-37-21-25-7-2-1-6-24(25)20-34(33(46)41-40-27-12-14-28(45)15-13-27)31(30-9-4-3-8-26(30)22-38-43-36)48-32(39-34)23-10-16-29(17-11-23)47-19-5-18-44/h1-4,6-11,16-17,27-28,31,40,44-45H,5,12-15,18-22H2,(H,41,46)/t27?,28?,31-,34-/m0/s1. The van der Waals surface area contributed by atoms with Gasteiger partial charge in [0, 0.05) is 40.9 Å². The minimum atomic E-state index is -1.56. The second-order valence-corrected chi connectivity index (χ2v) is 11.8. The lowest BCUT2D eigenvalue weighted by Crippen LogP contribution is -2.56. The highest BCUT2D eigenvalue weighted by Gasteiger charge is 2.54. The number of amides is 1. The molecule has 4 N–H and O–H groups in total. The van der Waals surface area contributed by atoms with Crippen molar-refractivity contribution in [2.45, 2.75) is 75.4 Å². The zero-order valence-electron chi connectivity index (χ0n) is 26.5. The molecule has 2 atom stereocenters. The van der Waals surface area contributed by atoms with Gasteiger partial charge in [0.1, 0.15) is 5.75 Å². The number of carbonyl (C=O) groups excluding carboxylic acids is 1. The molecular weight excluding hydrogens is 614 g/mol. The largest absolute Gasteiger partial charge is 0.494 e. The lowest BCUT2D eigenvalue weighted by molar-refractivity contribution is -0.130. The molecule has 48 heavy (non-hydrogen) atoms. The van der Waals surface area contributed by atoms with Crippen molar-refractivity contribution in [3.63, 3.8) is 0 Å². The van der Waals surface area contributed by atoms with Crippen molar-refractivity contribution < 1.29 is 24.5 Å². The van der Waals surface area contributed by atoms with Gasteiger partial charge < -0.3 is 19.7 Å². The van der Waals surface area contributed by atoms with E-state index in [9.17, 15) is 9.90 Å². The van der Waals surface area contributed by atoms with E-state index in [0.29, 0.717) is 61.2 Å². The number of hydrogen-bond acceptors (Lipinski definition) is 9. The van der Waals surface area contributed by atoms with E-state index in [4.69, 9.17) is 30.6 Å². The molecule has 250 valence electrons. The molecule has 0 radical (unpaired) electrons. The van der Waals surface area contributed by atoms with Crippen molar-refractivity contribution in [2.24, 2.45) is 15.2 Å². The average Bonchev–Trinajstić information content (AvgIpc) is 3.50. The van der Waals surface area contributed by atoms with E-state index in [-0.39, 0.29) is 44.2 Å². The number of aliphatic hydroxyl groups excluding tert-OH is 2. The summed E-state index contributed by atoms with van der Waals surface area (Å²) in [6, 6.07) is 21.9. The summed E-state index contributed by atoms with van der Waals surface area (Å²) in [5, 5.41) is 26.7. The van der Waals surface area contributed by atoms with E-state index < -0.39 is 17.6 Å². The Hall–Kier alpha value is -5.10. The molecule has 0 unspecified atom stereocenters. The van der Waals surface area contributed by atoms with Gasteiger partial charge in [-0.2, -0.15) is 0 Å². The van der Waals surface area contributed by atoms with Gasteiger partial charge in [-0.25, -0.2) is 10.4 Å². The first kappa shape index (κ1) is 34.2.